The molecule has 0 unspecified atom stereocenters. The van der Waals surface area contributed by atoms with Crippen molar-refractivity contribution in [3.05, 3.63) is 29.7 Å². The molecule has 0 N–H and O–H groups in total. The number of likely N-dealkylation sites (tertiary alicyclic amines) is 1. The fourth-order valence-electron chi connectivity index (χ4n) is 3.91. The van der Waals surface area contributed by atoms with Crippen LogP contribution < -0.4 is 0 Å². The van der Waals surface area contributed by atoms with E-state index in [0.717, 1.165) is 43.9 Å². The molecular weight excluding hydrogens is 306 g/mol. The molecule has 0 bridgehead atoms. The van der Waals surface area contributed by atoms with E-state index in [0.29, 0.717) is 6.54 Å². The van der Waals surface area contributed by atoms with E-state index >= 15 is 0 Å². The van der Waals surface area contributed by atoms with Crippen LogP contribution in [0.15, 0.2) is 17.2 Å². The predicted molar refractivity (Wildman–Crippen MR) is 90.5 cm³/mol. The Labute approximate surface area is 143 Å². The van der Waals surface area contributed by atoms with Crippen molar-refractivity contribution in [2.45, 2.75) is 51.8 Å². The molecule has 1 atom stereocenters. The Kier molecular flexibility index (Phi) is 4.78. The first kappa shape index (κ1) is 17.2. The molecule has 0 aliphatic carbocycles. The first-order chi connectivity index (χ1) is 11.5. The highest BCUT2D eigenvalue weighted by molar-refractivity contribution is 5.79. The van der Waals surface area contributed by atoms with Crippen molar-refractivity contribution in [3.63, 3.8) is 0 Å². The summed E-state index contributed by atoms with van der Waals surface area (Å²) in [6.45, 7) is 13.4. The smallest absolute Gasteiger partial charge is 0.249 e. The molecule has 0 radical (unpaired) electrons. The largest absolute Gasteiger partial charge is 0.363 e. The lowest BCUT2D eigenvalue weighted by Gasteiger charge is -2.51. The van der Waals surface area contributed by atoms with E-state index in [-0.39, 0.29) is 24.2 Å². The van der Waals surface area contributed by atoms with Crippen LogP contribution in [0.4, 0.5) is 0 Å². The number of piperidine rings is 1. The summed E-state index contributed by atoms with van der Waals surface area (Å²) in [5.74, 6) is 0.962. The standard InChI is InChI=1S/C18H27N3O3/c1-5-8-21-15(4)18(23-12-17(21)22)6-9-20(10-7-18)11-16-13(2)19-24-14(16)3/h5,15H,1,6-12H2,2-4H3/t15-/m1/s1. The Hall–Kier alpha value is -1.66. The molecule has 24 heavy (non-hydrogen) atoms. The van der Waals surface area contributed by atoms with Gasteiger partial charge in [-0.2, -0.15) is 0 Å². The zero-order valence-corrected chi connectivity index (χ0v) is 14.9. The Balaban J connectivity index is 1.65. The van der Waals surface area contributed by atoms with Crippen molar-refractivity contribution in [1.82, 2.24) is 15.0 Å². The summed E-state index contributed by atoms with van der Waals surface area (Å²) in [4.78, 5) is 16.4. The zero-order chi connectivity index (χ0) is 17.3. The Morgan fingerprint density at radius 1 is 1.38 bits per heavy atom. The van der Waals surface area contributed by atoms with E-state index < -0.39 is 0 Å². The molecule has 0 aromatic carbocycles. The molecule has 2 aliphatic heterocycles. The Morgan fingerprint density at radius 3 is 2.67 bits per heavy atom. The summed E-state index contributed by atoms with van der Waals surface area (Å²) in [7, 11) is 0. The number of carbonyl (C=O) groups excluding carboxylic acids is 1. The van der Waals surface area contributed by atoms with Gasteiger partial charge in [0, 0.05) is 31.7 Å². The second-order valence-corrected chi connectivity index (χ2v) is 6.94. The van der Waals surface area contributed by atoms with Crippen molar-refractivity contribution < 1.29 is 14.1 Å². The highest BCUT2D eigenvalue weighted by atomic mass is 16.5. The van der Waals surface area contributed by atoms with Crippen LogP contribution in [0.2, 0.25) is 0 Å². The number of nitrogens with zero attached hydrogens (tertiary/aromatic N) is 3. The van der Waals surface area contributed by atoms with Gasteiger partial charge in [0.05, 0.1) is 17.3 Å². The summed E-state index contributed by atoms with van der Waals surface area (Å²) < 4.78 is 11.3. The highest BCUT2D eigenvalue weighted by Gasteiger charge is 2.47. The molecular formula is C18H27N3O3. The maximum atomic E-state index is 12.1. The SMILES string of the molecule is C=CCN1C(=O)COC2(CCN(Cc3c(C)noc3C)CC2)[C@H]1C. The molecule has 1 spiro atoms. The monoisotopic (exact) mass is 333 g/mol. The van der Waals surface area contributed by atoms with Gasteiger partial charge in [-0.15, -0.1) is 6.58 Å². The number of hydrogen-bond donors (Lipinski definition) is 0. The molecule has 2 aliphatic rings. The minimum atomic E-state index is -0.230. The van der Waals surface area contributed by atoms with E-state index in [2.05, 4.69) is 23.6 Å². The van der Waals surface area contributed by atoms with E-state index in [1.807, 2.05) is 18.7 Å². The quantitative estimate of drug-likeness (QED) is 0.790. The second-order valence-electron chi connectivity index (χ2n) is 6.94. The van der Waals surface area contributed by atoms with Crippen LogP contribution in [0.3, 0.4) is 0 Å². The van der Waals surface area contributed by atoms with Crippen LogP contribution in [-0.2, 0) is 16.1 Å². The summed E-state index contributed by atoms with van der Waals surface area (Å²) >= 11 is 0. The fourth-order valence-corrected chi connectivity index (χ4v) is 3.91. The molecule has 3 rings (SSSR count). The molecule has 1 amide bonds. The van der Waals surface area contributed by atoms with Crippen LogP contribution in [0.1, 0.15) is 36.8 Å². The summed E-state index contributed by atoms with van der Waals surface area (Å²) in [5, 5.41) is 4.04. The number of carbonyl (C=O) groups is 1. The van der Waals surface area contributed by atoms with E-state index in [4.69, 9.17) is 9.26 Å². The molecule has 1 aromatic rings. The zero-order valence-electron chi connectivity index (χ0n) is 14.9. The van der Waals surface area contributed by atoms with Gasteiger partial charge in [0.1, 0.15) is 12.4 Å². The third-order valence-electron chi connectivity index (χ3n) is 5.62. The van der Waals surface area contributed by atoms with Crippen molar-refractivity contribution in [3.8, 4) is 0 Å². The van der Waals surface area contributed by atoms with Gasteiger partial charge in [0.25, 0.3) is 0 Å². The van der Waals surface area contributed by atoms with E-state index in [1.165, 1.54) is 5.56 Å². The minimum Gasteiger partial charge on any atom is -0.363 e. The van der Waals surface area contributed by atoms with Gasteiger partial charge in [-0.25, -0.2) is 0 Å². The Morgan fingerprint density at radius 2 is 2.08 bits per heavy atom. The highest BCUT2D eigenvalue weighted by Crippen LogP contribution is 2.36. The predicted octanol–water partition coefficient (Wildman–Crippen LogP) is 2.06. The molecule has 1 aromatic heterocycles. The van der Waals surface area contributed by atoms with Crippen LogP contribution in [-0.4, -0.2) is 58.7 Å². The van der Waals surface area contributed by atoms with Gasteiger partial charge in [-0.3, -0.25) is 9.69 Å². The van der Waals surface area contributed by atoms with Crippen molar-refractivity contribution >= 4 is 5.91 Å². The molecule has 2 fully saturated rings. The van der Waals surface area contributed by atoms with Crippen LogP contribution in [0.25, 0.3) is 0 Å². The third-order valence-corrected chi connectivity index (χ3v) is 5.62. The third kappa shape index (κ3) is 3.00. The topological polar surface area (TPSA) is 58.8 Å². The fraction of sp³-hybridized carbons (Fsp3) is 0.667. The molecule has 6 heteroatoms. The lowest BCUT2D eigenvalue weighted by Crippen LogP contribution is -2.63. The van der Waals surface area contributed by atoms with Crippen LogP contribution in [0, 0.1) is 13.8 Å². The van der Waals surface area contributed by atoms with Gasteiger partial charge in [0.15, 0.2) is 0 Å². The number of hydrogen-bond acceptors (Lipinski definition) is 5. The van der Waals surface area contributed by atoms with E-state index in [9.17, 15) is 4.79 Å². The second kappa shape index (κ2) is 6.69. The summed E-state index contributed by atoms with van der Waals surface area (Å²) in [6.07, 6.45) is 3.65. The lowest BCUT2D eigenvalue weighted by atomic mass is 9.82. The minimum absolute atomic E-state index is 0.0613. The van der Waals surface area contributed by atoms with Gasteiger partial charge < -0.3 is 14.2 Å². The summed E-state index contributed by atoms with van der Waals surface area (Å²) in [5.41, 5.74) is 1.93. The number of aryl methyl sites for hydroxylation is 2. The van der Waals surface area contributed by atoms with Gasteiger partial charge in [-0.05, 0) is 33.6 Å². The Bertz CT molecular complexity index is 598. The van der Waals surface area contributed by atoms with Gasteiger partial charge >= 0.3 is 0 Å². The number of aromatic nitrogens is 1. The first-order valence-corrected chi connectivity index (χ1v) is 8.65. The molecule has 132 valence electrons. The average Bonchev–Trinajstić information content (AvgIpc) is 2.89. The van der Waals surface area contributed by atoms with E-state index in [1.54, 1.807) is 6.08 Å². The van der Waals surface area contributed by atoms with Crippen LogP contribution >= 0.6 is 0 Å². The summed E-state index contributed by atoms with van der Waals surface area (Å²) in [6, 6.07) is 0.0814. The number of amides is 1. The average molecular weight is 333 g/mol. The number of morpholine rings is 1. The molecule has 3 heterocycles. The molecule has 6 nitrogen and oxygen atoms in total. The first-order valence-electron chi connectivity index (χ1n) is 8.65. The maximum Gasteiger partial charge on any atom is 0.249 e. The van der Waals surface area contributed by atoms with Gasteiger partial charge in [-0.1, -0.05) is 11.2 Å². The lowest BCUT2D eigenvalue weighted by molar-refractivity contribution is -0.185. The normalized spacial score (nSPS) is 24.5. The molecule has 0 saturated carbocycles. The maximum absolute atomic E-state index is 12.1. The van der Waals surface area contributed by atoms with Crippen molar-refractivity contribution in [2.75, 3.05) is 26.2 Å². The number of rotatable bonds is 4. The molecule has 2 saturated heterocycles. The van der Waals surface area contributed by atoms with Crippen LogP contribution in [0.5, 0.6) is 0 Å². The van der Waals surface area contributed by atoms with Crippen molar-refractivity contribution in [2.24, 2.45) is 0 Å². The number of ether oxygens (including phenoxy) is 1. The van der Waals surface area contributed by atoms with Gasteiger partial charge in [0.2, 0.25) is 5.91 Å². The van der Waals surface area contributed by atoms with Crippen molar-refractivity contribution in [1.29, 1.82) is 0 Å².